The highest BCUT2D eigenvalue weighted by molar-refractivity contribution is 9.10. The molecule has 4 heteroatoms. The number of aryl methyl sites for hydroxylation is 1. The van der Waals surface area contributed by atoms with Crippen LogP contribution in [0.5, 0.6) is 5.88 Å². The van der Waals surface area contributed by atoms with Crippen molar-refractivity contribution in [1.29, 1.82) is 0 Å². The molecule has 0 atom stereocenters. The van der Waals surface area contributed by atoms with Crippen LogP contribution < -0.4 is 4.74 Å². The predicted octanol–water partition coefficient (Wildman–Crippen LogP) is 2.20. The minimum absolute atomic E-state index is 0.489. The van der Waals surface area contributed by atoms with Gasteiger partial charge in [0, 0.05) is 18.9 Å². The molecule has 14 heavy (non-hydrogen) atoms. The summed E-state index contributed by atoms with van der Waals surface area (Å²) in [5.74, 6) is 3.83. The molecule has 0 saturated heterocycles. The molecule has 0 aliphatic carbocycles. The second-order valence-corrected chi connectivity index (χ2v) is 3.41. The maximum atomic E-state index is 5.35. The third-order valence-corrected chi connectivity index (χ3v) is 1.94. The monoisotopic (exact) mass is 254 g/mol. The number of hydrogen-bond donors (Lipinski definition) is 0. The van der Waals surface area contributed by atoms with Crippen LogP contribution in [-0.4, -0.2) is 16.6 Å². The van der Waals surface area contributed by atoms with Crippen molar-refractivity contribution in [2.24, 2.45) is 0 Å². The second kappa shape index (κ2) is 5.61. The molecule has 0 unspecified atom stereocenters. The van der Waals surface area contributed by atoms with E-state index in [0.29, 0.717) is 18.9 Å². The molecule has 3 nitrogen and oxygen atoms in total. The molecule has 0 N–H and O–H groups in total. The van der Waals surface area contributed by atoms with E-state index in [1.165, 1.54) is 0 Å². The first kappa shape index (κ1) is 11.0. The van der Waals surface area contributed by atoms with Gasteiger partial charge in [0.05, 0.1) is 0 Å². The Kier molecular flexibility index (Phi) is 4.41. The van der Waals surface area contributed by atoms with E-state index in [-0.39, 0.29) is 0 Å². The smallest absolute Gasteiger partial charge is 0.217 e. The molecule has 0 radical (unpaired) electrons. The summed E-state index contributed by atoms with van der Waals surface area (Å²) in [7, 11) is 0. The third kappa shape index (κ3) is 3.35. The van der Waals surface area contributed by atoms with Gasteiger partial charge in [0.2, 0.25) is 5.88 Å². The zero-order valence-electron chi connectivity index (χ0n) is 7.96. The maximum absolute atomic E-state index is 5.35. The number of aromatic nitrogens is 2. The van der Waals surface area contributed by atoms with Gasteiger partial charge in [0.1, 0.15) is 17.0 Å². The molecule has 0 saturated carbocycles. The lowest BCUT2D eigenvalue weighted by Gasteiger charge is -2.04. The van der Waals surface area contributed by atoms with Crippen molar-refractivity contribution in [3.63, 3.8) is 0 Å². The van der Waals surface area contributed by atoms with E-state index in [1.807, 2.05) is 6.92 Å². The van der Waals surface area contributed by atoms with Crippen molar-refractivity contribution in [1.82, 2.24) is 9.97 Å². The van der Waals surface area contributed by atoms with Crippen LogP contribution in [0.4, 0.5) is 0 Å². The van der Waals surface area contributed by atoms with Gasteiger partial charge in [-0.3, -0.25) is 0 Å². The zero-order chi connectivity index (χ0) is 10.4. The van der Waals surface area contributed by atoms with Gasteiger partial charge in [-0.1, -0.05) is 6.92 Å². The lowest BCUT2D eigenvalue weighted by molar-refractivity contribution is 0.312. The van der Waals surface area contributed by atoms with Crippen LogP contribution >= 0.6 is 15.9 Å². The van der Waals surface area contributed by atoms with Gasteiger partial charge in [-0.15, -0.1) is 12.3 Å². The van der Waals surface area contributed by atoms with Crippen molar-refractivity contribution >= 4 is 15.9 Å². The SMILES string of the molecule is C#CCCOc1cc(Br)nc(CC)n1. The number of ether oxygens (including phenoxy) is 1. The fourth-order valence-corrected chi connectivity index (χ4v) is 1.29. The Bertz CT molecular complexity index is 346. The highest BCUT2D eigenvalue weighted by Gasteiger charge is 2.01. The van der Waals surface area contributed by atoms with Gasteiger partial charge in [-0.2, -0.15) is 4.98 Å². The molecule has 0 bridgehead atoms. The molecule has 0 aliphatic rings. The normalized spacial score (nSPS) is 9.50. The van der Waals surface area contributed by atoms with Crippen molar-refractivity contribution in [2.45, 2.75) is 19.8 Å². The van der Waals surface area contributed by atoms with E-state index < -0.39 is 0 Å². The zero-order valence-corrected chi connectivity index (χ0v) is 9.54. The van der Waals surface area contributed by atoms with Crippen molar-refractivity contribution in [2.75, 3.05) is 6.61 Å². The summed E-state index contributed by atoms with van der Waals surface area (Å²) in [5, 5.41) is 0. The Morgan fingerprint density at radius 2 is 2.36 bits per heavy atom. The molecule has 1 rings (SSSR count). The first-order valence-electron chi connectivity index (χ1n) is 4.36. The highest BCUT2D eigenvalue weighted by atomic mass is 79.9. The Balaban J connectivity index is 2.67. The molecule has 0 aromatic carbocycles. The fourth-order valence-electron chi connectivity index (χ4n) is 0.889. The third-order valence-electron chi connectivity index (χ3n) is 1.53. The summed E-state index contributed by atoms with van der Waals surface area (Å²) in [6.45, 7) is 2.48. The Labute approximate surface area is 92.0 Å². The average molecular weight is 255 g/mol. The molecule has 0 spiro atoms. The summed E-state index contributed by atoms with van der Waals surface area (Å²) in [6.07, 6.45) is 6.48. The Morgan fingerprint density at radius 3 is 3.00 bits per heavy atom. The summed E-state index contributed by atoms with van der Waals surface area (Å²) < 4.78 is 6.08. The lowest BCUT2D eigenvalue weighted by atomic mass is 10.4. The van der Waals surface area contributed by atoms with Crippen LogP contribution in [0.1, 0.15) is 19.2 Å². The maximum Gasteiger partial charge on any atom is 0.217 e. The van der Waals surface area contributed by atoms with Gasteiger partial charge in [-0.25, -0.2) is 4.98 Å². The van der Waals surface area contributed by atoms with Gasteiger partial charge >= 0.3 is 0 Å². The first-order valence-corrected chi connectivity index (χ1v) is 5.15. The summed E-state index contributed by atoms with van der Waals surface area (Å²) >= 11 is 3.29. The van der Waals surface area contributed by atoms with Gasteiger partial charge in [0.25, 0.3) is 0 Å². The van der Waals surface area contributed by atoms with Crippen LogP contribution in [0, 0.1) is 12.3 Å². The minimum atomic E-state index is 0.489. The molecule has 1 aromatic rings. The quantitative estimate of drug-likeness (QED) is 0.470. The number of rotatable bonds is 4. The largest absolute Gasteiger partial charge is 0.477 e. The highest BCUT2D eigenvalue weighted by Crippen LogP contribution is 2.14. The molecular weight excluding hydrogens is 244 g/mol. The predicted molar refractivity (Wildman–Crippen MR) is 58.1 cm³/mol. The van der Waals surface area contributed by atoms with E-state index in [2.05, 4.69) is 31.8 Å². The first-order chi connectivity index (χ1) is 6.76. The average Bonchev–Trinajstić information content (AvgIpc) is 2.17. The van der Waals surface area contributed by atoms with Crippen LogP contribution in [0.25, 0.3) is 0 Å². The molecule has 0 fully saturated rings. The van der Waals surface area contributed by atoms with Crippen LogP contribution in [0.2, 0.25) is 0 Å². The van der Waals surface area contributed by atoms with Crippen LogP contribution in [0.15, 0.2) is 10.7 Å². The van der Waals surface area contributed by atoms with E-state index in [1.54, 1.807) is 6.07 Å². The van der Waals surface area contributed by atoms with E-state index in [4.69, 9.17) is 11.2 Å². The van der Waals surface area contributed by atoms with Gasteiger partial charge in [-0.05, 0) is 15.9 Å². The molecule has 74 valence electrons. The lowest BCUT2D eigenvalue weighted by Crippen LogP contribution is -2.01. The van der Waals surface area contributed by atoms with Crippen molar-refractivity contribution in [3.8, 4) is 18.2 Å². The standard InChI is InChI=1S/C10H11BrN2O/c1-3-5-6-14-10-7-8(11)12-9(4-2)13-10/h1,7H,4-6H2,2H3. The van der Waals surface area contributed by atoms with Crippen molar-refractivity contribution in [3.05, 3.63) is 16.5 Å². The molecule has 1 heterocycles. The van der Waals surface area contributed by atoms with Crippen molar-refractivity contribution < 1.29 is 4.74 Å². The van der Waals surface area contributed by atoms with Crippen LogP contribution in [0.3, 0.4) is 0 Å². The van der Waals surface area contributed by atoms with Gasteiger partial charge < -0.3 is 4.74 Å². The Morgan fingerprint density at radius 1 is 1.57 bits per heavy atom. The number of hydrogen-bond acceptors (Lipinski definition) is 3. The second-order valence-electron chi connectivity index (χ2n) is 2.60. The van der Waals surface area contributed by atoms with E-state index in [0.717, 1.165) is 16.8 Å². The molecule has 0 amide bonds. The number of nitrogens with zero attached hydrogens (tertiary/aromatic N) is 2. The Hall–Kier alpha value is -1.08. The fraction of sp³-hybridized carbons (Fsp3) is 0.400. The molecule has 1 aromatic heterocycles. The summed E-state index contributed by atoms with van der Waals surface area (Å²) in [4.78, 5) is 8.36. The topological polar surface area (TPSA) is 35.0 Å². The summed E-state index contributed by atoms with van der Waals surface area (Å²) in [6, 6.07) is 1.73. The van der Waals surface area contributed by atoms with E-state index >= 15 is 0 Å². The molecular formula is C10H11BrN2O. The van der Waals surface area contributed by atoms with Gasteiger partial charge in [0.15, 0.2) is 0 Å². The van der Waals surface area contributed by atoms with Crippen LogP contribution in [-0.2, 0) is 6.42 Å². The molecule has 0 aliphatic heterocycles. The van der Waals surface area contributed by atoms with E-state index in [9.17, 15) is 0 Å². The number of terminal acetylenes is 1. The number of halogens is 1. The minimum Gasteiger partial charge on any atom is -0.477 e. The summed E-state index contributed by atoms with van der Waals surface area (Å²) in [5.41, 5.74) is 0.